The molecular weight excluding hydrogens is 265 g/mol. The van der Waals surface area contributed by atoms with Gasteiger partial charge in [-0.15, -0.1) is 0 Å². The Balaban J connectivity index is 1.80. The Morgan fingerprint density at radius 3 is 2.52 bits per heavy atom. The summed E-state index contributed by atoms with van der Waals surface area (Å²) in [6.45, 7) is 0.279. The molecule has 21 heavy (non-hydrogen) atoms. The molecule has 2 aromatic rings. The van der Waals surface area contributed by atoms with Crippen molar-refractivity contribution in [2.45, 2.75) is 0 Å². The van der Waals surface area contributed by atoms with E-state index in [0.29, 0.717) is 0 Å². The fourth-order valence-corrected chi connectivity index (χ4v) is 1.60. The Kier molecular flexibility index (Phi) is 5.31. The Morgan fingerprint density at radius 2 is 1.81 bits per heavy atom. The molecule has 3 heteroatoms. The third kappa shape index (κ3) is 5.33. The minimum absolute atomic E-state index is 0.235. The van der Waals surface area contributed by atoms with Gasteiger partial charge in [0.15, 0.2) is 0 Å². The topological polar surface area (TPSA) is 29.1 Å². The monoisotopic (exact) mass is 279 g/mol. The lowest BCUT2D eigenvalue weighted by Gasteiger charge is -1.95. The van der Waals surface area contributed by atoms with Crippen molar-refractivity contribution >= 4 is 12.0 Å². The van der Waals surface area contributed by atoms with Crippen LogP contribution in [0.15, 0.2) is 60.7 Å². The van der Waals surface area contributed by atoms with Crippen molar-refractivity contribution in [3.63, 3.8) is 0 Å². The van der Waals surface area contributed by atoms with Crippen molar-refractivity contribution in [2.75, 3.05) is 6.54 Å². The number of carbonyl (C=O) groups is 1. The molecule has 0 aliphatic carbocycles. The highest BCUT2D eigenvalue weighted by molar-refractivity contribution is 5.91. The largest absolute Gasteiger partial charge is 0.342 e. The van der Waals surface area contributed by atoms with Crippen LogP contribution >= 0.6 is 0 Å². The van der Waals surface area contributed by atoms with Gasteiger partial charge in [-0.05, 0) is 35.9 Å². The van der Waals surface area contributed by atoms with Crippen LogP contribution in [0.25, 0.3) is 6.08 Å². The van der Waals surface area contributed by atoms with Crippen LogP contribution in [0.3, 0.4) is 0 Å². The smallest absolute Gasteiger partial charge is 0.244 e. The predicted molar refractivity (Wildman–Crippen MR) is 81.8 cm³/mol. The Bertz CT molecular complexity index is 679. The molecule has 1 amide bonds. The van der Waals surface area contributed by atoms with Crippen molar-refractivity contribution in [1.29, 1.82) is 0 Å². The number of nitrogens with one attached hydrogen (secondary N) is 1. The molecule has 0 fully saturated rings. The van der Waals surface area contributed by atoms with Gasteiger partial charge in [-0.3, -0.25) is 4.79 Å². The van der Waals surface area contributed by atoms with Crippen LogP contribution < -0.4 is 5.32 Å². The fourth-order valence-electron chi connectivity index (χ4n) is 1.60. The summed E-state index contributed by atoms with van der Waals surface area (Å²) in [5, 5.41) is 2.66. The van der Waals surface area contributed by atoms with Crippen LogP contribution in [0.4, 0.5) is 4.39 Å². The standard InChI is InChI=1S/C18H14FNO/c19-17-11-8-16(9-12-17)10-13-18(21)20-14-4-7-15-5-2-1-3-6-15/h1-3,5-6,8-13H,14H2,(H,20,21)/b13-10+. The van der Waals surface area contributed by atoms with E-state index in [0.717, 1.165) is 11.1 Å². The van der Waals surface area contributed by atoms with Gasteiger partial charge in [0, 0.05) is 11.6 Å². The SMILES string of the molecule is O=C(/C=C/c1ccc(F)cc1)NCC#Cc1ccccc1. The van der Waals surface area contributed by atoms with Crippen LogP contribution in [0, 0.1) is 17.7 Å². The fraction of sp³-hybridized carbons (Fsp3) is 0.0556. The summed E-state index contributed by atoms with van der Waals surface area (Å²) in [4.78, 5) is 11.6. The molecule has 104 valence electrons. The molecule has 0 aromatic heterocycles. The molecule has 0 radical (unpaired) electrons. The van der Waals surface area contributed by atoms with Gasteiger partial charge in [-0.25, -0.2) is 4.39 Å². The maximum Gasteiger partial charge on any atom is 0.244 e. The summed E-state index contributed by atoms with van der Waals surface area (Å²) in [5.74, 6) is 5.29. The first kappa shape index (κ1) is 14.5. The summed E-state index contributed by atoms with van der Waals surface area (Å²) >= 11 is 0. The second kappa shape index (κ2) is 7.66. The molecule has 0 heterocycles. The van der Waals surface area contributed by atoms with Gasteiger partial charge >= 0.3 is 0 Å². The van der Waals surface area contributed by atoms with E-state index >= 15 is 0 Å². The number of halogens is 1. The van der Waals surface area contributed by atoms with E-state index in [4.69, 9.17) is 0 Å². The lowest BCUT2D eigenvalue weighted by molar-refractivity contribution is -0.116. The van der Waals surface area contributed by atoms with Crippen molar-refractivity contribution < 1.29 is 9.18 Å². The second-order valence-corrected chi connectivity index (χ2v) is 4.27. The minimum Gasteiger partial charge on any atom is -0.342 e. The van der Waals surface area contributed by atoms with Gasteiger partial charge in [0.25, 0.3) is 0 Å². The summed E-state index contributed by atoms with van der Waals surface area (Å²) in [6, 6.07) is 15.5. The first-order chi connectivity index (χ1) is 10.2. The van der Waals surface area contributed by atoms with E-state index in [9.17, 15) is 9.18 Å². The molecule has 0 aliphatic rings. The van der Waals surface area contributed by atoms with E-state index in [1.165, 1.54) is 18.2 Å². The van der Waals surface area contributed by atoms with Gasteiger partial charge < -0.3 is 5.32 Å². The van der Waals surface area contributed by atoms with Crippen molar-refractivity contribution in [3.8, 4) is 11.8 Å². The molecule has 0 spiro atoms. The van der Waals surface area contributed by atoms with Crippen LogP contribution in [0.5, 0.6) is 0 Å². The zero-order valence-electron chi connectivity index (χ0n) is 11.3. The highest BCUT2D eigenvalue weighted by Crippen LogP contribution is 2.04. The first-order valence-electron chi connectivity index (χ1n) is 6.49. The molecule has 1 N–H and O–H groups in total. The molecular formula is C18H14FNO. The number of amides is 1. The first-order valence-corrected chi connectivity index (χ1v) is 6.49. The Morgan fingerprint density at radius 1 is 1.10 bits per heavy atom. The van der Waals surface area contributed by atoms with E-state index in [1.54, 1.807) is 18.2 Å². The Labute approximate surface area is 123 Å². The summed E-state index contributed by atoms with van der Waals surface area (Å²) in [5.41, 5.74) is 1.68. The lowest BCUT2D eigenvalue weighted by atomic mass is 10.2. The van der Waals surface area contributed by atoms with E-state index in [1.807, 2.05) is 30.3 Å². The number of carbonyl (C=O) groups excluding carboxylic acids is 1. The van der Waals surface area contributed by atoms with Crippen LogP contribution in [-0.4, -0.2) is 12.5 Å². The molecule has 2 aromatic carbocycles. The summed E-state index contributed by atoms with van der Waals surface area (Å²) in [6.07, 6.45) is 3.02. The van der Waals surface area contributed by atoms with Gasteiger partial charge in [0.05, 0.1) is 6.54 Å². The highest BCUT2D eigenvalue weighted by atomic mass is 19.1. The number of hydrogen-bond donors (Lipinski definition) is 1. The zero-order chi connectivity index (χ0) is 14.9. The third-order valence-electron chi connectivity index (χ3n) is 2.65. The summed E-state index contributed by atoms with van der Waals surface area (Å²) < 4.78 is 12.7. The predicted octanol–water partition coefficient (Wildman–Crippen LogP) is 3.01. The second-order valence-electron chi connectivity index (χ2n) is 4.27. The molecule has 2 nitrogen and oxygen atoms in total. The maximum atomic E-state index is 12.7. The number of benzene rings is 2. The lowest BCUT2D eigenvalue weighted by Crippen LogP contribution is -2.20. The molecule has 2 rings (SSSR count). The van der Waals surface area contributed by atoms with Crippen molar-refractivity contribution in [1.82, 2.24) is 5.32 Å². The van der Waals surface area contributed by atoms with Gasteiger partial charge in [0.1, 0.15) is 5.82 Å². The van der Waals surface area contributed by atoms with Gasteiger partial charge in [-0.1, -0.05) is 42.2 Å². The van der Waals surface area contributed by atoms with E-state index < -0.39 is 0 Å². The van der Waals surface area contributed by atoms with E-state index in [-0.39, 0.29) is 18.3 Å². The minimum atomic E-state index is -0.298. The van der Waals surface area contributed by atoms with Crippen LogP contribution in [-0.2, 0) is 4.79 Å². The quantitative estimate of drug-likeness (QED) is 0.679. The zero-order valence-corrected chi connectivity index (χ0v) is 11.3. The van der Waals surface area contributed by atoms with Gasteiger partial charge in [0.2, 0.25) is 5.91 Å². The molecule has 0 aliphatic heterocycles. The van der Waals surface area contributed by atoms with Crippen LogP contribution in [0.2, 0.25) is 0 Å². The average Bonchev–Trinajstić information content (AvgIpc) is 2.52. The average molecular weight is 279 g/mol. The molecule has 0 atom stereocenters. The summed E-state index contributed by atoms with van der Waals surface area (Å²) in [7, 11) is 0. The number of rotatable bonds is 3. The molecule has 0 unspecified atom stereocenters. The Hall–Kier alpha value is -2.86. The van der Waals surface area contributed by atoms with Crippen molar-refractivity contribution in [3.05, 3.63) is 77.6 Å². The van der Waals surface area contributed by atoms with E-state index in [2.05, 4.69) is 17.2 Å². The van der Waals surface area contributed by atoms with Crippen molar-refractivity contribution in [2.24, 2.45) is 0 Å². The normalized spacial score (nSPS) is 9.95. The van der Waals surface area contributed by atoms with Gasteiger partial charge in [-0.2, -0.15) is 0 Å². The third-order valence-corrected chi connectivity index (χ3v) is 2.65. The molecule has 0 bridgehead atoms. The molecule has 0 saturated carbocycles. The number of hydrogen-bond acceptors (Lipinski definition) is 1. The molecule has 0 saturated heterocycles. The highest BCUT2D eigenvalue weighted by Gasteiger charge is 1.93. The maximum absolute atomic E-state index is 12.7. The van der Waals surface area contributed by atoms with Crippen LogP contribution in [0.1, 0.15) is 11.1 Å².